The van der Waals surface area contributed by atoms with Crippen molar-refractivity contribution in [3.05, 3.63) is 0 Å². The van der Waals surface area contributed by atoms with E-state index in [0.29, 0.717) is 29.4 Å². The number of nitrogens with two attached hydrogens (primary N) is 1. The summed E-state index contributed by atoms with van der Waals surface area (Å²) in [4.78, 5) is 15.4. The van der Waals surface area contributed by atoms with Gasteiger partial charge in [0.25, 0.3) is 0 Å². The zero-order valence-electron chi connectivity index (χ0n) is 12.5. The molecule has 21 heavy (non-hydrogen) atoms. The number of piperidine rings is 1. The molecule has 1 amide bonds. The number of amides is 1. The number of likely N-dealkylation sites (tertiary alicyclic amines) is 1. The largest absolute Gasteiger partial charge is 0.392 e. The van der Waals surface area contributed by atoms with Crippen LogP contribution in [0.1, 0.15) is 32.1 Å². The number of thiocarbonyl (C=S) groups is 1. The summed E-state index contributed by atoms with van der Waals surface area (Å²) >= 11 is 4.96. The highest BCUT2D eigenvalue weighted by Crippen LogP contribution is 2.69. The molecule has 1 saturated heterocycles. The van der Waals surface area contributed by atoms with Crippen LogP contribution in [0.4, 0.5) is 0 Å². The molecular weight excluding hydrogens is 282 g/mol. The highest BCUT2D eigenvalue weighted by Gasteiger charge is 2.67. The van der Waals surface area contributed by atoms with Crippen molar-refractivity contribution < 1.29 is 4.79 Å². The van der Waals surface area contributed by atoms with Crippen LogP contribution in [0.15, 0.2) is 0 Å². The minimum Gasteiger partial charge on any atom is -0.392 e. The van der Waals surface area contributed by atoms with Crippen molar-refractivity contribution in [1.82, 2.24) is 10.2 Å². The van der Waals surface area contributed by atoms with Crippen LogP contribution in [0.2, 0.25) is 0 Å². The molecular formula is C16H25N3OS. The fraction of sp³-hybridized carbons (Fsp3) is 0.875. The number of nitrogens with one attached hydrogen (secondary N) is 1. The average molecular weight is 307 g/mol. The molecule has 0 radical (unpaired) electrons. The van der Waals surface area contributed by atoms with E-state index in [9.17, 15) is 4.79 Å². The topological polar surface area (TPSA) is 58.4 Å². The maximum Gasteiger partial charge on any atom is 0.223 e. The summed E-state index contributed by atoms with van der Waals surface area (Å²) < 4.78 is 0. The maximum absolute atomic E-state index is 12.5. The zero-order valence-corrected chi connectivity index (χ0v) is 13.3. The maximum atomic E-state index is 12.5. The van der Waals surface area contributed by atoms with Crippen molar-refractivity contribution in [2.24, 2.45) is 35.3 Å². The van der Waals surface area contributed by atoms with Gasteiger partial charge < -0.3 is 11.1 Å². The summed E-state index contributed by atoms with van der Waals surface area (Å²) in [5.74, 6) is 3.98. The van der Waals surface area contributed by atoms with Crippen LogP contribution < -0.4 is 11.1 Å². The molecule has 4 nitrogen and oxygen atoms in total. The van der Waals surface area contributed by atoms with Gasteiger partial charge in [-0.15, -0.1) is 0 Å². The van der Waals surface area contributed by atoms with Crippen molar-refractivity contribution in [2.45, 2.75) is 38.1 Å². The molecule has 0 aromatic heterocycles. The molecule has 4 atom stereocenters. The van der Waals surface area contributed by atoms with E-state index in [1.165, 1.54) is 19.3 Å². The summed E-state index contributed by atoms with van der Waals surface area (Å²) in [5.41, 5.74) is 5.59. The minimum absolute atomic E-state index is 0.356. The second-order valence-electron chi connectivity index (χ2n) is 7.54. The third-order valence-electron chi connectivity index (χ3n) is 6.35. The molecule has 4 unspecified atom stereocenters. The Hall–Kier alpha value is -0.680. The van der Waals surface area contributed by atoms with Gasteiger partial charge in [0.05, 0.1) is 4.99 Å². The van der Waals surface area contributed by atoms with Crippen molar-refractivity contribution in [1.29, 1.82) is 0 Å². The molecule has 116 valence electrons. The number of rotatable bonds is 4. The van der Waals surface area contributed by atoms with Gasteiger partial charge >= 0.3 is 0 Å². The number of fused-ring (bicyclic) bond motifs is 5. The van der Waals surface area contributed by atoms with E-state index in [-0.39, 0.29) is 0 Å². The van der Waals surface area contributed by atoms with Crippen LogP contribution in [-0.4, -0.2) is 41.5 Å². The lowest BCUT2D eigenvalue weighted by Gasteiger charge is -2.32. The van der Waals surface area contributed by atoms with Gasteiger partial charge in [-0.3, -0.25) is 9.69 Å². The van der Waals surface area contributed by atoms with E-state index in [4.69, 9.17) is 18.0 Å². The van der Waals surface area contributed by atoms with E-state index >= 15 is 0 Å². The van der Waals surface area contributed by atoms with Crippen LogP contribution in [0.5, 0.6) is 0 Å². The molecule has 3 N–H and O–H groups in total. The van der Waals surface area contributed by atoms with Crippen LogP contribution >= 0.6 is 12.2 Å². The Kier molecular flexibility index (Phi) is 3.45. The lowest BCUT2D eigenvalue weighted by molar-refractivity contribution is -0.124. The van der Waals surface area contributed by atoms with E-state index in [1.54, 1.807) is 0 Å². The zero-order chi connectivity index (χ0) is 14.6. The van der Waals surface area contributed by atoms with Gasteiger partial charge in [0.1, 0.15) is 0 Å². The smallest absolute Gasteiger partial charge is 0.223 e. The molecule has 1 heterocycles. The predicted octanol–water partition coefficient (Wildman–Crippen LogP) is 1.15. The Labute approximate surface area is 131 Å². The third kappa shape index (κ3) is 2.48. The van der Waals surface area contributed by atoms with E-state index < -0.39 is 0 Å². The number of carbonyl (C=O) groups is 1. The second-order valence-corrected chi connectivity index (χ2v) is 8.06. The first kappa shape index (κ1) is 13.9. The Morgan fingerprint density at radius 3 is 2.33 bits per heavy atom. The van der Waals surface area contributed by atoms with Gasteiger partial charge in [-0.05, 0) is 55.8 Å². The Morgan fingerprint density at radius 2 is 1.76 bits per heavy atom. The van der Waals surface area contributed by atoms with Crippen LogP contribution in [0, 0.1) is 29.6 Å². The lowest BCUT2D eigenvalue weighted by Crippen LogP contribution is -2.47. The van der Waals surface area contributed by atoms with Crippen molar-refractivity contribution >= 4 is 23.1 Å². The molecule has 2 bridgehead atoms. The molecule has 0 spiro atoms. The lowest BCUT2D eigenvalue weighted by atomic mass is 10.0. The monoisotopic (exact) mass is 307 g/mol. The van der Waals surface area contributed by atoms with Crippen LogP contribution in [0.3, 0.4) is 0 Å². The van der Waals surface area contributed by atoms with Crippen LogP contribution in [0.25, 0.3) is 0 Å². The second kappa shape index (κ2) is 5.20. The first-order valence-electron chi connectivity index (χ1n) is 8.44. The van der Waals surface area contributed by atoms with E-state index in [1.807, 2.05) is 0 Å². The molecule has 0 aromatic carbocycles. The average Bonchev–Trinajstić information content (AvgIpc) is 2.89. The summed E-state index contributed by atoms with van der Waals surface area (Å²) in [6.45, 7) is 2.70. The molecule has 4 rings (SSSR count). The summed E-state index contributed by atoms with van der Waals surface area (Å²) in [6.07, 6.45) is 6.24. The Bertz CT molecular complexity index is 444. The number of carbonyl (C=O) groups excluding carboxylic acids is 1. The molecule has 0 aromatic rings. The number of hydrogen-bond acceptors (Lipinski definition) is 3. The minimum atomic E-state index is 0.356. The highest BCUT2D eigenvalue weighted by molar-refractivity contribution is 7.80. The molecule has 5 heteroatoms. The van der Waals surface area contributed by atoms with Crippen LogP contribution in [-0.2, 0) is 4.79 Å². The van der Waals surface area contributed by atoms with Gasteiger partial charge in [0.15, 0.2) is 0 Å². The van der Waals surface area contributed by atoms with Crippen molar-refractivity contribution in [3.8, 4) is 0 Å². The fourth-order valence-electron chi connectivity index (χ4n) is 5.43. The summed E-state index contributed by atoms with van der Waals surface area (Å²) in [5, 5.41) is 3.32. The molecule has 4 aliphatic rings. The molecule has 4 fully saturated rings. The van der Waals surface area contributed by atoms with Gasteiger partial charge in [-0.2, -0.15) is 0 Å². The first-order chi connectivity index (χ1) is 10.1. The fourth-order valence-corrected chi connectivity index (χ4v) is 5.61. The van der Waals surface area contributed by atoms with Crippen molar-refractivity contribution in [2.75, 3.05) is 19.6 Å². The Balaban J connectivity index is 1.25. The van der Waals surface area contributed by atoms with Gasteiger partial charge in [-0.1, -0.05) is 12.2 Å². The van der Waals surface area contributed by atoms with Gasteiger partial charge in [-0.25, -0.2) is 0 Å². The third-order valence-corrected chi connectivity index (χ3v) is 6.48. The Morgan fingerprint density at radius 1 is 1.14 bits per heavy atom. The first-order valence-corrected chi connectivity index (χ1v) is 8.85. The highest BCUT2D eigenvalue weighted by atomic mass is 32.1. The predicted molar refractivity (Wildman–Crippen MR) is 85.7 cm³/mol. The van der Waals surface area contributed by atoms with E-state index in [2.05, 4.69) is 10.2 Å². The molecule has 3 aliphatic carbocycles. The summed E-state index contributed by atoms with van der Waals surface area (Å²) in [7, 11) is 0. The van der Waals surface area contributed by atoms with Gasteiger partial charge in [0, 0.05) is 31.6 Å². The molecule has 1 aliphatic heterocycles. The van der Waals surface area contributed by atoms with Gasteiger partial charge in [0.2, 0.25) is 5.91 Å². The summed E-state index contributed by atoms with van der Waals surface area (Å²) in [6, 6.07) is 0.360. The number of nitrogens with zero attached hydrogens (tertiary/aromatic N) is 1. The SMILES string of the molecule is NC(=S)CN1CCC(NC(=O)C2C3C4CCC(C4)C23)CC1. The molecule has 3 saturated carbocycles. The normalized spacial score (nSPS) is 41.8. The number of hydrogen-bond donors (Lipinski definition) is 2. The van der Waals surface area contributed by atoms with Crippen molar-refractivity contribution in [3.63, 3.8) is 0 Å². The standard InChI is InChI=1S/C16H25N3OS/c17-12(21)8-19-5-3-11(4-6-19)18-16(20)15-13-9-1-2-10(7-9)14(13)15/h9-11,13-15H,1-8H2,(H2,17,21)(H,18,20). The quantitative estimate of drug-likeness (QED) is 0.765. The van der Waals surface area contributed by atoms with E-state index in [0.717, 1.165) is 49.6 Å².